The second-order valence-corrected chi connectivity index (χ2v) is 7.67. The van der Waals surface area contributed by atoms with E-state index in [0.717, 1.165) is 28.1 Å². The van der Waals surface area contributed by atoms with Crippen LogP contribution in [0.15, 0.2) is 28.1 Å². The molecular weight excluding hydrogens is 375 g/mol. The lowest BCUT2D eigenvalue weighted by molar-refractivity contribution is 0.620. The van der Waals surface area contributed by atoms with Gasteiger partial charge < -0.3 is 4.57 Å². The molecule has 0 amide bonds. The van der Waals surface area contributed by atoms with E-state index in [2.05, 4.69) is 31.5 Å². The van der Waals surface area contributed by atoms with Gasteiger partial charge in [-0.1, -0.05) is 0 Å². The van der Waals surface area contributed by atoms with Gasteiger partial charge in [0.2, 0.25) is 0 Å². The van der Waals surface area contributed by atoms with Gasteiger partial charge in [-0.15, -0.1) is 22.9 Å². The van der Waals surface area contributed by atoms with Crippen LogP contribution in [0.4, 0.5) is 4.39 Å². The molecule has 0 saturated heterocycles. The quantitative estimate of drug-likeness (QED) is 0.556. The highest BCUT2D eigenvalue weighted by atomic mass is 79.9. The number of alkyl halides is 1. The summed E-state index contributed by atoms with van der Waals surface area (Å²) in [6.45, 7) is 2.56. The normalized spacial score (nSPS) is 11.4. The van der Waals surface area contributed by atoms with Crippen molar-refractivity contribution in [1.82, 2.24) is 9.55 Å². The first kappa shape index (κ1) is 15.0. The van der Waals surface area contributed by atoms with E-state index in [1.807, 2.05) is 12.1 Å². The van der Waals surface area contributed by atoms with Gasteiger partial charge in [0, 0.05) is 17.5 Å². The van der Waals surface area contributed by atoms with E-state index in [-0.39, 0.29) is 5.82 Å². The standard InChI is InChI=1S/C15H13BrClFN2S/c1-9-6-13-12(7-11(9)18)19-15(8-17)20(13)5-4-10-2-3-14(16)21-10/h2-3,6-7H,4-5,8H2,1H3. The van der Waals surface area contributed by atoms with Gasteiger partial charge in [-0.3, -0.25) is 0 Å². The summed E-state index contributed by atoms with van der Waals surface area (Å²) in [5.74, 6) is 0.881. The van der Waals surface area contributed by atoms with Crippen LogP contribution < -0.4 is 0 Å². The van der Waals surface area contributed by atoms with Crippen molar-refractivity contribution in [3.63, 3.8) is 0 Å². The van der Waals surface area contributed by atoms with Crippen molar-refractivity contribution in [3.8, 4) is 0 Å². The molecule has 21 heavy (non-hydrogen) atoms. The molecule has 0 aliphatic heterocycles. The van der Waals surface area contributed by atoms with Gasteiger partial charge in [0.05, 0.1) is 20.7 Å². The average molecular weight is 388 g/mol. The minimum absolute atomic E-state index is 0.226. The maximum absolute atomic E-state index is 13.7. The number of benzene rings is 1. The molecule has 2 heterocycles. The van der Waals surface area contributed by atoms with Gasteiger partial charge in [0.1, 0.15) is 11.6 Å². The van der Waals surface area contributed by atoms with Gasteiger partial charge in [-0.2, -0.15) is 0 Å². The van der Waals surface area contributed by atoms with Gasteiger partial charge in [0.15, 0.2) is 0 Å². The van der Waals surface area contributed by atoms with Crippen LogP contribution in [0, 0.1) is 12.7 Å². The fourth-order valence-corrected chi connectivity index (χ4v) is 4.04. The van der Waals surface area contributed by atoms with Crippen LogP contribution in [0.1, 0.15) is 16.3 Å². The Hall–Kier alpha value is -0.910. The summed E-state index contributed by atoms with van der Waals surface area (Å²) in [6.07, 6.45) is 0.905. The largest absolute Gasteiger partial charge is 0.327 e. The Kier molecular flexibility index (Phi) is 4.33. The Morgan fingerprint density at radius 1 is 1.38 bits per heavy atom. The molecule has 0 aliphatic carbocycles. The first-order chi connectivity index (χ1) is 10.1. The Labute approximate surface area is 139 Å². The number of hydrogen-bond donors (Lipinski definition) is 0. The van der Waals surface area contributed by atoms with Crippen molar-refractivity contribution in [3.05, 3.63) is 50.1 Å². The summed E-state index contributed by atoms with van der Waals surface area (Å²) < 4.78 is 16.9. The van der Waals surface area contributed by atoms with Crippen molar-refractivity contribution in [2.75, 3.05) is 0 Å². The van der Waals surface area contributed by atoms with E-state index < -0.39 is 0 Å². The number of aryl methyl sites for hydroxylation is 3. The summed E-state index contributed by atoms with van der Waals surface area (Å²) in [6, 6.07) is 7.49. The first-order valence-electron chi connectivity index (χ1n) is 6.54. The highest BCUT2D eigenvalue weighted by Gasteiger charge is 2.12. The van der Waals surface area contributed by atoms with Crippen molar-refractivity contribution in [2.45, 2.75) is 25.8 Å². The second kappa shape index (κ2) is 6.07. The molecule has 0 aliphatic rings. The zero-order valence-electron chi connectivity index (χ0n) is 11.4. The second-order valence-electron chi connectivity index (χ2n) is 4.86. The number of thiophene rings is 1. The molecule has 0 bridgehead atoms. The topological polar surface area (TPSA) is 17.8 Å². The molecule has 110 valence electrons. The lowest BCUT2D eigenvalue weighted by Gasteiger charge is -2.07. The summed E-state index contributed by atoms with van der Waals surface area (Å²) in [5, 5.41) is 0. The third-order valence-electron chi connectivity index (χ3n) is 3.44. The van der Waals surface area contributed by atoms with Gasteiger partial charge in [0.25, 0.3) is 0 Å². The van der Waals surface area contributed by atoms with E-state index in [0.29, 0.717) is 17.0 Å². The van der Waals surface area contributed by atoms with Crippen LogP contribution in [-0.4, -0.2) is 9.55 Å². The van der Waals surface area contributed by atoms with Crippen molar-refractivity contribution in [2.24, 2.45) is 0 Å². The van der Waals surface area contributed by atoms with E-state index in [1.165, 1.54) is 10.9 Å². The number of hydrogen-bond acceptors (Lipinski definition) is 2. The van der Waals surface area contributed by atoms with E-state index in [1.54, 1.807) is 18.3 Å². The Morgan fingerprint density at radius 2 is 2.19 bits per heavy atom. The minimum Gasteiger partial charge on any atom is -0.327 e. The van der Waals surface area contributed by atoms with Crippen LogP contribution >= 0.6 is 38.9 Å². The smallest absolute Gasteiger partial charge is 0.128 e. The molecule has 0 saturated carbocycles. The first-order valence-corrected chi connectivity index (χ1v) is 8.68. The third kappa shape index (κ3) is 3.00. The molecule has 0 spiro atoms. The zero-order valence-corrected chi connectivity index (χ0v) is 14.5. The summed E-state index contributed by atoms with van der Waals surface area (Å²) in [7, 11) is 0. The molecule has 2 nitrogen and oxygen atoms in total. The van der Waals surface area contributed by atoms with Gasteiger partial charge in [-0.25, -0.2) is 9.37 Å². The van der Waals surface area contributed by atoms with Crippen molar-refractivity contribution in [1.29, 1.82) is 0 Å². The number of fused-ring (bicyclic) bond motifs is 1. The number of halogens is 3. The molecule has 0 atom stereocenters. The SMILES string of the molecule is Cc1cc2c(cc1F)nc(CCl)n2CCc1ccc(Br)s1. The van der Waals surface area contributed by atoms with E-state index in [4.69, 9.17) is 11.6 Å². The molecule has 2 aromatic heterocycles. The van der Waals surface area contributed by atoms with Crippen molar-refractivity contribution >= 4 is 49.9 Å². The van der Waals surface area contributed by atoms with Gasteiger partial charge >= 0.3 is 0 Å². The Bertz CT molecular complexity index is 796. The number of imidazole rings is 1. The maximum Gasteiger partial charge on any atom is 0.128 e. The average Bonchev–Trinajstić information content (AvgIpc) is 3.01. The molecule has 1 aromatic carbocycles. The summed E-state index contributed by atoms with van der Waals surface area (Å²) in [5.41, 5.74) is 2.24. The summed E-state index contributed by atoms with van der Waals surface area (Å²) in [4.78, 5) is 5.73. The highest BCUT2D eigenvalue weighted by molar-refractivity contribution is 9.11. The predicted molar refractivity (Wildman–Crippen MR) is 89.7 cm³/mol. The fourth-order valence-electron chi connectivity index (χ4n) is 2.36. The monoisotopic (exact) mass is 386 g/mol. The molecule has 0 N–H and O–H groups in total. The van der Waals surface area contributed by atoms with Crippen LogP contribution in [0.3, 0.4) is 0 Å². The number of aromatic nitrogens is 2. The number of rotatable bonds is 4. The molecule has 0 unspecified atom stereocenters. The number of nitrogens with zero attached hydrogens (tertiary/aromatic N) is 2. The third-order valence-corrected chi connectivity index (χ3v) is 5.36. The molecule has 3 rings (SSSR count). The lowest BCUT2D eigenvalue weighted by atomic mass is 10.2. The minimum atomic E-state index is -0.226. The van der Waals surface area contributed by atoms with Crippen molar-refractivity contribution < 1.29 is 4.39 Å². The van der Waals surface area contributed by atoms with Crippen LogP contribution in [0.5, 0.6) is 0 Å². The molecule has 0 fully saturated rings. The Balaban J connectivity index is 1.97. The highest BCUT2D eigenvalue weighted by Crippen LogP contribution is 2.25. The zero-order chi connectivity index (χ0) is 15.0. The Morgan fingerprint density at radius 3 is 2.86 bits per heavy atom. The van der Waals surface area contributed by atoms with Crippen LogP contribution in [0.2, 0.25) is 0 Å². The maximum atomic E-state index is 13.7. The van der Waals surface area contributed by atoms with Gasteiger partial charge in [-0.05, 0) is 53.0 Å². The van der Waals surface area contributed by atoms with E-state index >= 15 is 0 Å². The lowest BCUT2D eigenvalue weighted by Crippen LogP contribution is -2.04. The van der Waals surface area contributed by atoms with E-state index in [9.17, 15) is 4.39 Å². The molecule has 0 radical (unpaired) electrons. The molecular formula is C15H13BrClFN2S. The molecule has 3 aromatic rings. The van der Waals surface area contributed by atoms with Crippen LogP contribution in [0.25, 0.3) is 11.0 Å². The van der Waals surface area contributed by atoms with Crippen LogP contribution in [-0.2, 0) is 18.8 Å². The summed E-state index contributed by atoms with van der Waals surface area (Å²) >= 11 is 11.2. The molecule has 6 heteroatoms. The fraction of sp³-hybridized carbons (Fsp3) is 0.267. The predicted octanol–water partition coefficient (Wildman–Crippen LogP) is 5.29.